The van der Waals surface area contributed by atoms with Gasteiger partial charge in [-0.15, -0.1) is 10.2 Å². The minimum Gasteiger partial charge on any atom is -0.322 e. The van der Waals surface area contributed by atoms with E-state index in [-0.39, 0.29) is 11.8 Å². The molecule has 2 aromatic heterocycles. The lowest BCUT2D eigenvalue weighted by molar-refractivity contribution is -0.116. The number of aryl methyl sites for hydroxylation is 1. The van der Waals surface area contributed by atoms with Crippen molar-refractivity contribution in [2.75, 3.05) is 16.8 Å². The van der Waals surface area contributed by atoms with Crippen molar-refractivity contribution >= 4 is 28.8 Å². The number of fused-ring (bicyclic) bond motifs is 2. The zero-order chi connectivity index (χ0) is 17.4. The number of rotatable bonds is 2. The molecule has 1 N–H and O–H groups in total. The number of hydrogen-bond donors (Lipinski definition) is 1. The third-order valence-electron chi connectivity index (χ3n) is 4.39. The van der Waals surface area contributed by atoms with Gasteiger partial charge in [0.25, 0.3) is 5.91 Å². The zero-order valence-corrected chi connectivity index (χ0v) is 13.8. The summed E-state index contributed by atoms with van der Waals surface area (Å²) in [6, 6.07) is 9.14. The number of anilines is 2. The Morgan fingerprint density at radius 1 is 1.20 bits per heavy atom. The molecule has 0 unspecified atom stereocenters. The summed E-state index contributed by atoms with van der Waals surface area (Å²) in [6.45, 7) is 2.32. The first-order valence-corrected chi connectivity index (χ1v) is 8.13. The van der Waals surface area contributed by atoms with Crippen molar-refractivity contribution in [1.82, 2.24) is 14.6 Å². The van der Waals surface area contributed by atoms with Crippen LogP contribution in [0.3, 0.4) is 0 Å². The lowest BCUT2D eigenvalue weighted by atomic mass is 10.0. The molecule has 0 saturated heterocycles. The van der Waals surface area contributed by atoms with E-state index in [9.17, 15) is 9.59 Å². The quantitative estimate of drug-likeness (QED) is 0.779. The average Bonchev–Trinajstić information content (AvgIpc) is 3.08. The molecule has 1 aliphatic rings. The molecule has 0 atom stereocenters. The first kappa shape index (κ1) is 15.3. The van der Waals surface area contributed by atoms with Gasteiger partial charge in [0.1, 0.15) is 6.33 Å². The summed E-state index contributed by atoms with van der Waals surface area (Å²) in [7, 11) is 0. The molecule has 3 aromatic rings. The molecule has 0 radical (unpaired) electrons. The number of amides is 2. The highest BCUT2D eigenvalue weighted by atomic mass is 16.2. The van der Waals surface area contributed by atoms with Crippen molar-refractivity contribution < 1.29 is 9.59 Å². The lowest BCUT2D eigenvalue weighted by Crippen LogP contribution is -2.33. The molecule has 1 aliphatic heterocycles. The number of hydrogen-bond acceptors (Lipinski definition) is 4. The monoisotopic (exact) mass is 335 g/mol. The van der Waals surface area contributed by atoms with E-state index in [2.05, 4.69) is 15.5 Å². The van der Waals surface area contributed by atoms with Gasteiger partial charge < -0.3 is 10.2 Å². The van der Waals surface area contributed by atoms with E-state index in [0.717, 1.165) is 36.3 Å². The van der Waals surface area contributed by atoms with Gasteiger partial charge in [-0.25, -0.2) is 0 Å². The van der Waals surface area contributed by atoms with Crippen molar-refractivity contribution in [3.05, 3.63) is 54.0 Å². The van der Waals surface area contributed by atoms with E-state index in [1.807, 2.05) is 18.2 Å². The van der Waals surface area contributed by atoms with Gasteiger partial charge in [0.05, 0.1) is 5.56 Å². The van der Waals surface area contributed by atoms with Crippen LogP contribution >= 0.6 is 0 Å². The molecule has 126 valence electrons. The van der Waals surface area contributed by atoms with Crippen LogP contribution in [0.2, 0.25) is 0 Å². The summed E-state index contributed by atoms with van der Waals surface area (Å²) in [5.74, 6) is -0.158. The van der Waals surface area contributed by atoms with E-state index < -0.39 is 0 Å². The Kier molecular flexibility index (Phi) is 3.68. The van der Waals surface area contributed by atoms with E-state index in [4.69, 9.17) is 0 Å². The third kappa shape index (κ3) is 2.84. The Morgan fingerprint density at radius 3 is 2.92 bits per heavy atom. The van der Waals surface area contributed by atoms with Gasteiger partial charge >= 0.3 is 0 Å². The molecule has 0 bridgehead atoms. The van der Waals surface area contributed by atoms with Gasteiger partial charge in [-0.1, -0.05) is 0 Å². The topological polar surface area (TPSA) is 79.6 Å². The molecule has 3 heterocycles. The van der Waals surface area contributed by atoms with Gasteiger partial charge in [-0.3, -0.25) is 14.0 Å². The van der Waals surface area contributed by atoms with E-state index >= 15 is 0 Å². The van der Waals surface area contributed by atoms with Crippen LogP contribution in [-0.4, -0.2) is 33.0 Å². The first-order valence-electron chi connectivity index (χ1n) is 8.13. The van der Waals surface area contributed by atoms with Crippen LogP contribution in [0.25, 0.3) is 5.65 Å². The molecular weight excluding hydrogens is 318 g/mol. The lowest BCUT2D eigenvalue weighted by Gasteiger charge is -2.29. The molecule has 0 spiro atoms. The Hall–Kier alpha value is -3.22. The summed E-state index contributed by atoms with van der Waals surface area (Å²) in [5, 5.41) is 10.6. The highest BCUT2D eigenvalue weighted by molar-refractivity contribution is 6.04. The minimum atomic E-state index is -0.199. The summed E-state index contributed by atoms with van der Waals surface area (Å²) in [4.78, 5) is 26.0. The predicted octanol–water partition coefficient (Wildman–Crippen LogP) is 2.28. The van der Waals surface area contributed by atoms with E-state index in [1.165, 1.54) is 0 Å². The maximum Gasteiger partial charge on any atom is 0.257 e. The smallest absolute Gasteiger partial charge is 0.257 e. The van der Waals surface area contributed by atoms with E-state index in [1.54, 1.807) is 40.9 Å². The van der Waals surface area contributed by atoms with Crippen LogP contribution in [0.1, 0.15) is 29.3 Å². The molecule has 4 rings (SSSR count). The summed E-state index contributed by atoms with van der Waals surface area (Å²) < 4.78 is 1.70. The Labute approximate surface area is 144 Å². The molecule has 0 saturated carbocycles. The Morgan fingerprint density at radius 2 is 2.08 bits per heavy atom. The molecule has 7 heteroatoms. The second-order valence-electron chi connectivity index (χ2n) is 6.09. The van der Waals surface area contributed by atoms with Crippen LogP contribution in [0.15, 0.2) is 42.9 Å². The second-order valence-corrected chi connectivity index (χ2v) is 6.09. The first-order chi connectivity index (χ1) is 12.1. The number of benzene rings is 1. The number of carbonyl (C=O) groups excluding carboxylic acids is 2. The number of aromatic nitrogens is 3. The van der Waals surface area contributed by atoms with Crippen molar-refractivity contribution in [1.29, 1.82) is 0 Å². The summed E-state index contributed by atoms with van der Waals surface area (Å²) in [5.41, 5.74) is 3.94. The van der Waals surface area contributed by atoms with Crippen LogP contribution < -0.4 is 10.2 Å². The van der Waals surface area contributed by atoms with E-state index in [0.29, 0.717) is 11.2 Å². The number of nitrogens with one attached hydrogen (secondary N) is 1. The van der Waals surface area contributed by atoms with Crippen molar-refractivity contribution in [3.8, 4) is 0 Å². The van der Waals surface area contributed by atoms with Crippen molar-refractivity contribution in [3.63, 3.8) is 0 Å². The van der Waals surface area contributed by atoms with Gasteiger partial charge in [0, 0.05) is 31.0 Å². The zero-order valence-electron chi connectivity index (χ0n) is 13.8. The number of pyridine rings is 1. The van der Waals surface area contributed by atoms with Crippen LogP contribution in [0.5, 0.6) is 0 Å². The second kappa shape index (κ2) is 6.01. The highest BCUT2D eigenvalue weighted by Crippen LogP contribution is 2.29. The fourth-order valence-corrected chi connectivity index (χ4v) is 3.17. The third-order valence-corrected chi connectivity index (χ3v) is 4.39. The minimum absolute atomic E-state index is 0.0416. The molecule has 25 heavy (non-hydrogen) atoms. The van der Waals surface area contributed by atoms with Crippen molar-refractivity contribution in [2.24, 2.45) is 0 Å². The molecule has 0 fully saturated rings. The molecule has 2 amide bonds. The summed E-state index contributed by atoms with van der Waals surface area (Å²) in [6.07, 6.45) is 5.08. The van der Waals surface area contributed by atoms with Gasteiger partial charge in [-0.05, 0) is 48.7 Å². The van der Waals surface area contributed by atoms with Crippen LogP contribution in [0, 0.1) is 0 Å². The van der Waals surface area contributed by atoms with Gasteiger partial charge in [-0.2, -0.15) is 0 Å². The largest absolute Gasteiger partial charge is 0.322 e. The molecule has 1 aromatic carbocycles. The Bertz CT molecular complexity index is 979. The number of carbonyl (C=O) groups is 2. The van der Waals surface area contributed by atoms with Crippen LogP contribution in [-0.2, 0) is 11.2 Å². The Balaban J connectivity index is 1.58. The SMILES string of the molecule is CC(=O)N1CCCc2cc(NC(=O)c3ccc4nncn4c3)ccc21. The van der Waals surface area contributed by atoms with Gasteiger partial charge in [0.2, 0.25) is 5.91 Å². The fourth-order valence-electron chi connectivity index (χ4n) is 3.17. The molecular formula is C18H17N5O2. The fraction of sp³-hybridized carbons (Fsp3) is 0.222. The predicted molar refractivity (Wildman–Crippen MR) is 93.7 cm³/mol. The van der Waals surface area contributed by atoms with Crippen LogP contribution in [0.4, 0.5) is 11.4 Å². The standard InChI is InChI=1S/C18H17N5O2/c1-12(24)23-8-2-3-13-9-15(5-6-16(13)23)20-18(25)14-4-7-17-21-19-11-22(17)10-14/h4-7,9-11H,2-3,8H2,1H3,(H,20,25). The normalized spacial score (nSPS) is 13.6. The molecule has 0 aliphatic carbocycles. The number of nitrogens with zero attached hydrogens (tertiary/aromatic N) is 4. The molecule has 7 nitrogen and oxygen atoms in total. The highest BCUT2D eigenvalue weighted by Gasteiger charge is 2.20. The summed E-state index contributed by atoms with van der Waals surface area (Å²) >= 11 is 0. The maximum absolute atomic E-state index is 12.5. The van der Waals surface area contributed by atoms with Gasteiger partial charge in [0.15, 0.2) is 5.65 Å². The maximum atomic E-state index is 12.5. The van der Waals surface area contributed by atoms with Crippen molar-refractivity contribution in [2.45, 2.75) is 19.8 Å². The average molecular weight is 335 g/mol.